The molecule has 0 radical (unpaired) electrons. The number of aliphatic imine (C=N–C) groups is 1. The fourth-order valence-corrected chi connectivity index (χ4v) is 2.81. The number of nitrogens with zero attached hydrogens (tertiary/aromatic N) is 3. The van der Waals surface area contributed by atoms with Gasteiger partial charge in [-0.1, -0.05) is 6.07 Å². The second kappa shape index (κ2) is 10.5. The van der Waals surface area contributed by atoms with Crippen molar-refractivity contribution in [2.75, 3.05) is 26.2 Å². The number of guanidine groups is 1. The summed E-state index contributed by atoms with van der Waals surface area (Å²) in [6, 6.07) is 4.10. The molecule has 0 atom stereocenters. The number of fused-ring (bicyclic) bond motifs is 1. The first-order chi connectivity index (χ1) is 12.7. The van der Waals surface area contributed by atoms with Gasteiger partial charge >= 0.3 is 0 Å². The summed E-state index contributed by atoms with van der Waals surface area (Å²) in [4.78, 5) is 20.9. The SMILES string of the molecule is CCNC(=NCCc1cn2cccc(C)c2n1)NCCNC(=O)C1CC1.I. The van der Waals surface area contributed by atoms with Gasteiger partial charge in [0, 0.05) is 50.9 Å². The summed E-state index contributed by atoms with van der Waals surface area (Å²) in [7, 11) is 0. The molecule has 3 rings (SSSR count). The number of aromatic nitrogens is 2. The zero-order valence-electron chi connectivity index (χ0n) is 16.0. The zero-order valence-corrected chi connectivity index (χ0v) is 18.3. The topological polar surface area (TPSA) is 82.8 Å². The first kappa shape index (κ1) is 21.5. The van der Waals surface area contributed by atoms with Gasteiger partial charge in [-0.2, -0.15) is 0 Å². The zero-order chi connectivity index (χ0) is 18.4. The van der Waals surface area contributed by atoms with Crippen LogP contribution in [0, 0.1) is 12.8 Å². The molecule has 0 bridgehead atoms. The van der Waals surface area contributed by atoms with E-state index in [0.29, 0.717) is 19.6 Å². The van der Waals surface area contributed by atoms with Crippen LogP contribution in [0.25, 0.3) is 5.65 Å². The number of carbonyl (C=O) groups excluding carboxylic acids is 1. The fraction of sp³-hybridized carbons (Fsp3) is 0.526. The van der Waals surface area contributed by atoms with Crippen molar-refractivity contribution in [1.29, 1.82) is 0 Å². The Hall–Kier alpha value is -1.84. The van der Waals surface area contributed by atoms with Gasteiger partial charge in [0.15, 0.2) is 5.96 Å². The fourth-order valence-electron chi connectivity index (χ4n) is 2.81. The van der Waals surface area contributed by atoms with Crippen LogP contribution in [0.15, 0.2) is 29.5 Å². The number of nitrogens with one attached hydrogen (secondary N) is 3. The maximum absolute atomic E-state index is 11.6. The van der Waals surface area contributed by atoms with Crippen molar-refractivity contribution in [3.05, 3.63) is 35.8 Å². The quantitative estimate of drug-likeness (QED) is 0.231. The lowest BCUT2D eigenvalue weighted by Crippen LogP contribution is -2.41. The van der Waals surface area contributed by atoms with E-state index < -0.39 is 0 Å². The molecular formula is C19H29IN6O. The van der Waals surface area contributed by atoms with Crippen LogP contribution in [0.1, 0.15) is 31.0 Å². The van der Waals surface area contributed by atoms with Gasteiger partial charge in [0.05, 0.1) is 5.69 Å². The van der Waals surface area contributed by atoms with Crippen LogP contribution in [0.2, 0.25) is 0 Å². The van der Waals surface area contributed by atoms with Gasteiger partial charge in [-0.15, -0.1) is 24.0 Å². The van der Waals surface area contributed by atoms with Crippen LogP contribution >= 0.6 is 24.0 Å². The average molecular weight is 484 g/mol. The predicted molar refractivity (Wildman–Crippen MR) is 119 cm³/mol. The molecule has 148 valence electrons. The molecule has 0 aromatic carbocycles. The van der Waals surface area contributed by atoms with Gasteiger partial charge < -0.3 is 20.4 Å². The molecule has 0 unspecified atom stereocenters. The number of hydrogen-bond donors (Lipinski definition) is 3. The molecule has 1 saturated carbocycles. The second-order valence-corrected chi connectivity index (χ2v) is 6.66. The first-order valence-electron chi connectivity index (χ1n) is 9.40. The van der Waals surface area contributed by atoms with Crippen molar-refractivity contribution < 1.29 is 4.79 Å². The molecule has 1 amide bonds. The maximum Gasteiger partial charge on any atom is 0.223 e. The smallest absolute Gasteiger partial charge is 0.223 e. The predicted octanol–water partition coefficient (Wildman–Crippen LogP) is 1.88. The highest BCUT2D eigenvalue weighted by atomic mass is 127. The number of hydrogen-bond acceptors (Lipinski definition) is 3. The third kappa shape index (κ3) is 6.37. The summed E-state index contributed by atoms with van der Waals surface area (Å²) in [5.74, 6) is 1.20. The minimum absolute atomic E-state index is 0. The van der Waals surface area contributed by atoms with Gasteiger partial charge in [-0.3, -0.25) is 9.79 Å². The number of aryl methyl sites for hydroxylation is 1. The minimum Gasteiger partial charge on any atom is -0.357 e. The highest BCUT2D eigenvalue weighted by Crippen LogP contribution is 2.28. The van der Waals surface area contributed by atoms with Crippen molar-refractivity contribution in [2.45, 2.75) is 33.1 Å². The summed E-state index contributed by atoms with van der Waals surface area (Å²) in [5, 5.41) is 9.43. The van der Waals surface area contributed by atoms with Gasteiger partial charge in [0.2, 0.25) is 5.91 Å². The largest absolute Gasteiger partial charge is 0.357 e. The van der Waals surface area contributed by atoms with E-state index in [2.05, 4.69) is 49.5 Å². The third-order valence-electron chi connectivity index (χ3n) is 4.37. The van der Waals surface area contributed by atoms with E-state index in [4.69, 9.17) is 0 Å². The van der Waals surface area contributed by atoms with Crippen molar-refractivity contribution in [3.8, 4) is 0 Å². The number of pyridine rings is 1. The van der Waals surface area contributed by atoms with Crippen LogP contribution in [0.5, 0.6) is 0 Å². The van der Waals surface area contributed by atoms with Gasteiger partial charge in [-0.05, 0) is 38.3 Å². The van der Waals surface area contributed by atoms with Gasteiger partial charge in [0.1, 0.15) is 5.65 Å². The summed E-state index contributed by atoms with van der Waals surface area (Å²) in [5.41, 5.74) is 3.21. The van der Waals surface area contributed by atoms with E-state index in [1.807, 2.05) is 19.2 Å². The highest BCUT2D eigenvalue weighted by Gasteiger charge is 2.28. The Morgan fingerprint density at radius 3 is 2.78 bits per heavy atom. The number of halogens is 1. The lowest BCUT2D eigenvalue weighted by Gasteiger charge is -2.11. The second-order valence-electron chi connectivity index (χ2n) is 6.66. The van der Waals surface area contributed by atoms with Crippen molar-refractivity contribution in [1.82, 2.24) is 25.3 Å². The highest BCUT2D eigenvalue weighted by molar-refractivity contribution is 14.0. The van der Waals surface area contributed by atoms with Crippen LogP contribution in [0.3, 0.4) is 0 Å². The Balaban J connectivity index is 0.00000261. The van der Waals surface area contributed by atoms with Crippen molar-refractivity contribution >= 4 is 41.5 Å². The molecule has 3 N–H and O–H groups in total. The van der Waals surface area contributed by atoms with Crippen molar-refractivity contribution in [2.24, 2.45) is 10.9 Å². The molecule has 0 aliphatic heterocycles. The molecule has 7 nitrogen and oxygen atoms in total. The molecule has 27 heavy (non-hydrogen) atoms. The van der Waals surface area contributed by atoms with Crippen LogP contribution in [-0.4, -0.2) is 47.4 Å². The van der Waals surface area contributed by atoms with Crippen molar-refractivity contribution in [3.63, 3.8) is 0 Å². The number of rotatable bonds is 8. The van der Waals surface area contributed by atoms with Gasteiger partial charge in [-0.25, -0.2) is 4.98 Å². The lowest BCUT2D eigenvalue weighted by atomic mass is 10.3. The van der Waals surface area contributed by atoms with E-state index in [9.17, 15) is 4.79 Å². The number of amides is 1. The normalized spacial score (nSPS) is 13.9. The molecule has 1 aliphatic rings. The Morgan fingerprint density at radius 2 is 2.07 bits per heavy atom. The van der Waals surface area contributed by atoms with E-state index in [1.54, 1.807) is 0 Å². The van der Waals surface area contributed by atoms with Crippen LogP contribution in [0.4, 0.5) is 0 Å². The molecule has 1 aliphatic carbocycles. The minimum atomic E-state index is 0. The molecule has 8 heteroatoms. The molecule has 1 fully saturated rings. The molecule has 2 aromatic heterocycles. The van der Waals surface area contributed by atoms with E-state index in [0.717, 1.165) is 43.1 Å². The monoisotopic (exact) mass is 484 g/mol. The van der Waals surface area contributed by atoms with Crippen LogP contribution in [-0.2, 0) is 11.2 Å². The standard InChI is InChI=1S/C19H28N6O.HI/c1-3-20-19(23-11-10-21-18(26)15-6-7-15)22-9-8-16-13-25-12-4-5-14(2)17(25)24-16;/h4-5,12-13,15H,3,6-11H2,1-2H3,(H,21,26)(H2,20,22,23);1H. The van der Waals surface area contributed by atoms with E-state index >= 15 is 0 Å². The Bertz CT molecular complexity index is 784. The Kier molecular flexibility index (Phi) is 8.33. The summed E-state index contributed by atoms with van der Waals surface area (Å²) in [6.45, 7) is 6.85. The molecular weight excluding hydrogens is 455 g/mol. The van der Waals surface area contributed by atoms with Crippen LogP contribution < -0.4 is 16.0 Å². The first-order valence-corrected chi connectivity index (χ1v) is 9.40. The molecule has 2 heterocycles. The Morgan fingerprint density at radius 1 is 1.30 bits per heavy atom. The number of carbonyl (C=O) groups is 1. The average Bonchev–Trinajstić information content (AvgIpc) is 3.39. The summed E-state index contributed by atoms with van der Waals surface area (Å²) < 4.78 is 2.06. The molecule has 2 aromatic rings. The maximum atomic E-state index is 11.6. The summed E-state index contributed by atoms with van der Waals surface area (Å²) in [6.07, 6.45) is 6.93. The lowest BCUT2D eigenvalue weighted by molar-refractivity contribution is -0.122. The molecule has 0 spiro atoms. The molecule has 0 saturated heterocycles. The van der Waals surface area contributed by atoms with E-state index in [1.165, 1.54) is 5.56 Å². The van der Waals surface area contributed by atoms with Gasteiger partial charge in [0.25, 0.3) is 0 Å². The Labute approximate surface area is 177 Å². The number of imidazole rings is 1. The third-order valence-corrected chi connectivity index (χ3v) is 4.37. The van der Waals surface area contributed by atoms with E-state index in [-0.39, 0.29) is 35.8 Å². The summed E-state index contributed by atoms with van der Waals surface area (Å²) >= 11 is 0.